The third kappa shape index (κ3) is 5.76. The molecular formula is C26H24Cl2F3N3O2S2. The van der Waals surface area contributed by atoms with E-state index < -0.39 is 33.6 Å². The van der Waals surface area contributed by atoms with Crippen LogP contribution in [-0.4, -0.2) is 30.2 Å². The van der Waals surface area contributed by atoms with E-state index in [4.69, 9.17) is 23.2 Å². The van der Waals surface area contributed by atoms with Crippen LogP contribution in [0.1, 0.15) is 49.9 Å². The minimum Gasteiger partial charge on any atom is -0.376 e. The molecule has 1 aromatic carbocycles. The van der Waals surface area contributed by atoms with Crippen LogP contribution >= 0.6 is 34.5 Å². The molecule has 12 heteroatoms. The van der Waals surface area contributed by atoms with Crippen LogP contribution < -0.4 is 4.72 Å². The summed E-state index contributed by atoms with van der Waals surface area (Å²) in [5.41, 5.74) is -2.11. The molecule has 3 atom stereocenters. The number of aliphatic hydroxyl groups is 1. The maximum atomic E-state index is 13.5. The Bertz CT molecular complexity index is 1520. The van der Waals surface area contributed by atoms with Crippen LogP contribution in [-0.2, 0) is 16.6 Å². The van der Waals surface area contributed by atoms with Gasteiger partial charge in [0, 0.05) is 21.3 Å². The van der Waals surface area contributed by atoms with Gasteiger partial charge in [-0.3, -0.25) is 4.98 Å². The molecule has 4 rings (SSSR count). The van der Waals surface area contributed by atoms with Crippen molar-refractivity contribution in [3.05, 3.63) is 81.0 Å². The Morgan fingerprint density at radius 2 is 1.76 bits per heavy atom. The van der Waals surface area contributed by atoms with Crippen molar-refractivity contribution in [1.82, 2.24) is 14.7 Å². The van der Waals surface area contributed by atoms with E-state index in [9.17, 15) is 22.5 Å². The summed E-state index contributed by atoms with van der Waals surface area (Å²) >= 11 is 14.0. The van der Waals surface area contributed by atoms with Gasteiger partial charge in [0.2, 0.25) is 0 Å². The largest absolute Gasteiger partial charge is 0.421 e. The first kappa shape index (κ1) is 28.9. The van der Waals surface area contributed by atoms with E-state index in [0.29, 0.717) is 23.2 Å². The maximum absolute atomic E-state index is 13.5. The molecule has 4 aromatic rings. The first-order chi connectivity index (χ1) is 17.6. The zero-order valence-corrected chi connectivity index (χ0v) is 23.9. The molecule has 0 saturated heterocycles. The zero-order chi connectivity index (χ0) is 28.0. The van der Waals surface area contributed by atoms with E-state index in [1.807, 2.05) is 32.9 Å². The van der Waals surface area contributed by atoms with Crippen LogP contribution in [0.3, 0.4) is 0 Å². The molecular weight excluding hydrogens is 578 g/mol. The summed E-state index contributed by atoms with van der Waals surface area (Å²) in [7, 11) is -1.50. The first-order valence-electron chi connectivity index (χ1n) is 11.4. The maximum Gasteiger partial charge on any atom is 0.421 e. The lowest BCUT2D eigenvalue weighted by Gasteiger charge is -2.26. The fraction of sp³-hybridized carbons (Fsp3) is 0.308. The highest BCUT2D eigenvalue weighted by atomic mass is 35.5. The van der Waals surface area contributed by atoms with E-state index in [1.54, 1.807) is 24.3 Å². The third-order valence-corrected chi connectivity index (χ3v) is 9.23. The molecule has 0 aliphatic heterocycles. The lowest BCUT2D eigenvalue weighted by Crippen LogP contribution is -2.39. The minimum absolute atomic E-state index is 0.220. The van der Waals surface area contributed by atoms with Crippen LogP contribution in [0.15, 0.2) is 54.7 Å². The van der Waals surface area contributed by atoms with Crippen LogP contribution in [0.5, 0.6) is 0 Å². The van der Waals surface area contributed by atoms with E-state index in [-0.39, 0.29) is 16.4 Å². The number of nitrogens with zero attached hydrogens (tertiary/aromatic N) is 2. The predicted molar refractivity (Wildman–Crippen MR) is 148 cm³/mol. The van der Waals surface area contributed by atoms with Crippen molar-refractivity contribution in [2.45, 2.75) is 50.3 Å². The molecule has 3 aromatic heterocycles. The highest BCUT2D eigenvalue weighted by molar-refractivity contribution is 7.84. The number of rotatable bonds is 6. The number of fused-ring (bicyclic) bond motifs is 1. The molecule has 38 heavy (non-hydrogen) atoms. The Morgan fingerprint density at radius 1 is 1.05 bits per heavy atom. The fourth-order valence-corrected chi connectivity index (χ4v) is 6.13. The second-order valence-electron chi connectivity index (χ2n) is 9.81. The van der Waals surface area contributed by atoms with Crippen LogP contribution in [0.4, 0.5) is 13.2 Å². The van der Waals surface area contributed by atoms with Gasteiger partial charge in [-0.1, -0.05) is 41.4 Å². The van der Waals surface area contributed by atoms with Crippen LogP contribution in [0, 0.1) is 0 Å². The summed E-state index contributed by atoms with van der Waals surface area (Å²) in [5, 5.41) is 11.5. The van der Waals surface area contributed by atoms with Gasteiger partial charge in [-0.2, -0.15) is 13.2 Å². The molecule has 202 valence electrons. The second-order valence-corrected chi connectivity index (χ2v) is 13.7. The number of pyridine rings is 2. The Morgan fingerprint density at radius 3 is 2.42 bits per heavy atom. The Kier molecular flexibility index (Phi) is 7.97. The molecule has 0 saturated carbocycles. The number of hydrogen-bond acceptors (Lipinski definition) is 5. The third-order valence-electron chi connectivity index (χ3n) is 5.89. The molecule has 5 nitrogen and oxygen atoms in total. The lowest BCUT2D eigenvalue weighted by molar-refractivity contribution is -0.258. The molecule has 0 amide bonds. The molecule has 0 aliphatic rings. The Hall–Kier alpha value is -2.08. The average molecular weight is 603 g/mol. The van der Waals surface area contributed by atoms with Crippen LogP contribution in [0.25, 0.3) is 21.3 Å². The van der Waals surface area contributed by atoms with Crippen molar-refractivity contribution in [3.8, 4) is 11.3 Å². The number of benzene rings is 1. The van der Waals surface area contributed by atoms with Crippen molar-refractivity contribution in [1.29, 1.82) is 0 Å². The number of aromatic nitrogens is 2. The summed E-state index contributed by atoms with van der Waals surface area (Å²) in [6.07, 6.45) is -3.62. The summed E-state index contributed by atoms with van der Waals surface area (Å²) in [6, 6.07) is 12.1. The SMILES string of the molecule is CC(C)(C)S(=O)NC(c1cc2cccc(-c3cc([C@](C)(O)C(F)(F)F)ccn3)c2s1)c1nc(Cl)ccc1Cl. The Labute approximate surface area is 234 Å². The molecule has 3 heterocycles. The quantitative estimate of drug-likeness (QED) is 0.223. The summed E-state index contributed by atoms with van der Waals surface area (Å²) < 4.78 is 56.8. The van der Waals surface area contributed by atoms with Crippen molar-refractivity contribution in [3.63, 3.8) is 0 Å². The van der Waals surface area contributed by atoms with Crippen molar-refractivity contribution in [2.75, 3.05) is 0 Å². The topological polar surface area (TPSA) is 75.1 Å². The predicted octanol–water partition coefficient (Wildman–Crippen LogP) is 7.58. The molecule has 2 unspecified atom stereocenters. The minimum atomic E-state index is -4.86. The van der Waals surface area contributed by atoms with Gasteiger partial charge in [-0.15, -0.1) is 11.3 Å². The Balaban J connectivity index is 1.86. The van der Waals surface area contributed by atoms with Crippen molar-refractivity contribution >= 4 is 55.6 Å². The highest BCUT2D eigenvalue weighted by Crippen LogP contribution is 2.42. The molecule has 0 spiro atoms. The average Bonchev–Trinajstić information content (AvgIpc) is 3.27. The van der Waals surface area contributed by atoms with Gasteiger partial charge in [0.25, 0.3) is 0 Å². The number of alkyl halides is 3. The summed E-state index contributed by atoms with van der Waals surface area (Å²) in [6.45, 7) is 6.20. The number of halogens is 5. The zero-order valence-electron chi connectivity index (χ0n) is 20.7. The standard InChI is InChI=1S/C26H24Cl2F3N3O2S2/c1-24(2,3)38(36)34-22(21-17(27)8-9-20(28)33-21)19-12-14-6-5-7-16(23(14)37-19)18-13-15(10-11-32-18)25(4,35)26(29,30)31/h5-13,22,34-35H,1-4H3/t22?,25-,38?/m0/s1. The van der Waals surface area contributed by atoms with E-state index in [0.717, 1.165) is 21.0 Å². The molecule has 0 radical (unpaired) electrons. The molecule has 0 aliphatic carbocycles. The van der Waals surface area contributed by atoms with Gasteiger partial charge in [-0.05, 0) is 69.0 Å². The number of nitrogens with one attached hydrogen (secondary N) is 1. The fourth-order valence-electron chi connectivity index (χ4n) is 3.64. The highest BCUT2D eigenvalue weighted by Gasteiger charge is 2.51. The van der Waals surface area contributed by atoms with Crippen molar-refractivity contribution in [2.24, 2.45) is 0 Å². The first-order valence-corrected chi connectivity index (χ1v) is 14.1. The van der Waals surface area contributed by atoms with Gasteiger partial charge in [-0.25, -0.2) is 13.9 Å². The smallest absolute Gasteiger partial charge is 0.376 e. The van der Waals surface area contributed by atoms with Gasteiger partial charge in [0.15, 0.2) is 5.60 Å². The van der Waals surface area contributed by atoms with Gasteiger partial charge >= 0.3 is 6.18 Å². The summed E-state index contributed by atoms with van der Waals surface area (Å²) in [4.78, 5) is 9.40. The second kappa shape index (κ2) is 10.5. The monoisotopic (exact) mass is 601 g/mol. The lowest BCUT2D eigenvalue weighted by atomic mass is 9.94. The van der Waals surface area contributed by atoms with Crippen molar-refractivity contribution < 1.29 is 22.5 Å². The van der Waals surface area contributed by atoms with Gasteiger partial charge < -0.3 is 5.11 Å². The van der Waals surface area contributed by atoms with E-state index in [2.05, 4.69) is 14.7 Å². The van der Waals surface area contributed by atoms with Crippen LogP contribution in [0.2, 0.25) is 10.2 Å². The number of thiophene rings is 1. The molecule has 0 fully saturated rings. The molecule has 0 bridgehead atoms. The normalized spacial score (nSPS) is 15.8. The van der Waals surface area contributed by atoms with E-state index in [1.165, 1.54) is 23.6 Å². The number of hydrogen-bond donors (Lipinski definition) is 2. The summed E-state index contributed by atoms with van der Waals surface area (Å²) in [5.74, 6) is 0. The van der Waals surface area contributed by atoms with E-state index >= 15 is 0 Å². The van der Waals surface area contributed by atoms with Gasteiger partial charge in [0.05, 0.1) is 38.2 Å². The van der Waals surface area contributed by atoms with Gasteiger partial charge in [0.1, 0.15) is 5.15 Å². The molecule has 2 N–H and O–H groups in total.